The van der Waals surface area contributed by atoms with Crippen molar-refractivity contribution in [2.75, 3.05) is 6.54 Å². The van der Waals surface area contributed by atoms with Gasteiger partial charge < -0.3 is 5.32 Å². The van der Waals surface area contributed by atoms with Gasteiger partial charge in [0.05, 0.1) is 0 Å². The Kier molecular flexibility index (Phi) is 4.47. The van der Waals surface area contributed by atoms with Crippen molar-refractivity contribution < 1.29 is 4.79 Å². The molecule has 4 nitrogen and oxygen atoms in total. The lowest BCUT2D eigenvalue weighted by atomic mass is 10.1. The fourth-order valence-corrected chi connectivity index (χ4v) is 1.82. The Morgan fingerprint density at radius 2 is 2.11 bits per heavy atom. The van der Waals surface area contributed by atoms with Gasteiger partial charge in [-0.1, -0.05) is 41.4 Å². The molecule has 19 heavy (non-hydrogen) atoms. The summed E-state index contributed by atoms with van der Waals surface area (Å²) in [5.74, 6) is -0.239. The number of benzene rings is 1. The van der Waals surface area contributed by atoms with Crippen LogP contribution in [0, 0.1) is 6.92 Å². The van der Waals surface area contributed by atoms with Crippen LogP contribution in [0.25, 0.3) is 0 Å². The third-order valence-electron chi connectivity index (χ3n) is 2.65. The van der Waals surface area contributed by atoms with Gasteiger partial charge in [-0.2, -0.15) is 0 Å². The summed E-state index contributed by atoms with van der Waals surface area (Å²) in [6, 6.07) is 11.3. The van der Waals surface area contributed by atoms with Gasteiger partial charge in [-0.05, 0) is 31.0 Å². The summed E-state index contributed by atoms with van der Waals surface area (Å²) < 4.78 is 0. The third kappa shape index (κ3) is 4.03. The van der Waals surface area contributed by atoms with Crippen LogP contribution in [0.1, 0.15) is 21.6 Å². The minimum Gasteiger partial charge on any atom is -0.350 e. The van der Waals surface area contributed by atoms with Crippen LogP contribution in [0.15, 0.2) is 36.4 Å². The summed E-state index contributed by atoms with van der Waals surface area (Å²) in [6.07, 6.45) is 0.786. The predicted molar refractivity (Wildman–Crippen MR) is 74.3 cm³/mol. The normalized spacial score (nSPS) is 10.2. The van der Waals surface area contributed by atoms with Gasteiger partial charge >= 0.3 is 0 Å². The molecule has 2 aromatic rings. The smallest absolute Gasteiger partial charge is 0.271 e. The fourth-order valence-electron chi connectivity index (χ4n) is 1.72. The van der Waals surface area contributed by atoms with Crippen LogP contribution < -0.4 is 5.32 Å². The first-order valence-corrected chi connectivity index (χ1v) is 6.36. The van der Waals surface area contributed by atoms with Crippen LogP contribution >= 0.6 is 11.6 Å². The van der Waals surface area contributed by atoms with Crippen molar-refractivity contribution in [3.63, 3.8) is 0 Å². The molecule has 1 N–H and O–H groups in total. The molecular weight excluding hydrogens is 262 g/mol. The molecule has 1 heterocycles. The van der Waals surface area contributed by atoms with Crippen LogP contribution in [0.2, 0.25) is 5.15 Å². The van der Waals surface area contributed by atoms with Crippen LogP contribution in [-0.4, -0.2) is 22.6 Å². The maximum Gasteiger partial charge on any atom is 0.271 e. The average molecular weight is 276 g/mol. The second kappa shape index (κ2) is 6.29. The first-order chi connectivity index (χ1) is 9.15. The zero-order chi connectivity index (χ0) is 13.7. The Balaban J connectivity index is 1.86. The standard InChI is InChI=1S/C14H14ClN3O/c1-10-3-2-4-11(9-10)7-8-16-14(19)12-5-6-13(15)18-17-12/h2-6,9H,7-8H2,1H3,(H,16,19). The third-order valence-corrected chi connectivity index (χ3v) is 2.85. The molecule has 2 rings (SSSR count). The second-order valence-electron chi connectivity index (χ2n) is 4.24. The zero-order valence-electron chi connectivity index (χ0n) is 10.6. The molecule has 0 spiro atoms. The quantitative estimate of drug-likeness (QED) is 0.932. The summed E-state index contributed by atoms with van der Waals surface area (Å²) in [7, 11) is 0. The van der Waals surface area contributed by atoms with Crippen molar-refractivity contribution in [3.05, 3.63) is 58.4 Å². The maximum atomic E-state index is 11.8. The van der Waals surface area contributed by atoms with E-state index in [0.29, 0.717) is 6.54 Å². The van der Waals surface area contributed by atoms with Crippen molar-refractivity contribution in [2.45, 2.75) is 13.3 Å². The monoisotopic (exact) mass is 275 g/mol. The van der Waals surface area contributed by atoms with E-state index in [-0.39, 0.29) is 16.8 Å². The molecule has 0 aliphatic rings. The second-order valence-corrected chi connectivity index (χ2v) is 4.62. The van der Waals surface area contributed by atoms with Crippen LogP contribution in [0.5, 0.6) is 0 Å². The number of hydrogen-bond acceptors (Lipinski definition) is 3. The molecule has 0 saturated carbocycles. The molecule has 0 aliphatic heterocycles. The largest absolute Gasteiger partial charge is 0.350 e. The SMILES string of the molecule is Cc1cccc(CCNC(=O)c2ccc(Cl)nn2)c1. The highest BCUT2D eigenvalue weighted by molar-refractivity contribution is 6.29. The van der Waals surface area contributed by atoms with Gasteiger partial charge in [0.15, 0.2) is 10.8 Å². The van der Waals surface area contributed by atoms with E-state index in [2.05, 4.69) is 21.6 Å². The summed E-state index contributed by atoms with van der Waals surface area (Å²) in [5.41, 5.74) is 2.68. The van der Waals surface area contributed by atoms with Crippen molar-refractivity contribution >= 4 is 17.5 Å². The molecule has 0 aliphatic carbocycles. The number of carbonyl (C=O) groups excluding carboxylic acids is 1. The number of aryl methyl sites for hydroxylation is 1. The number of carbonyl (C=O) groups is 1. The van der Waals surface area contributed by atoms with Crippen LogP contribution in [0.4, 0.5) is 0 Å². The van der Waals surface area contributed by atoms with E-state index in [9.17, 15) is 4.79 Å². The number of amides is 1. The minimum absolute atomic E-state index is 0.239. The Bertz CT molecular complexity index is 569. The number of hydrogen-bond donors (Lipinski definition) is 1. The lowest BCUT2D eigenvalue weighted by Crippen LogP contribution is -2.26. The molecule has 0 unspecified atom stereocenters. The van der Waals surface area contributed by atoms with Gasteiger partial charge in [0, 0.05) is 6.54 Å². The van der Waals surface area contributed by atoms with E-state index in [1.54, 1.807) is 12.1 Å². The lowest BCUT2D eigenvalue weighted by Gasteiger charge is -2.05. The van der Waals surface area contributed by atoms with Crippen LogP contribution in [-0.2, 0) is 6.42 Å². The molecule has 0 saturated heterocycles. The molecule has 1 aromatic carbocycles. The fraction of sp³-hybridized carbons (Fsp3) is 0.214. The molecule has 0 atom stereocenters. The topological polar surface area (TPSA) is 54.9 Å². The minimum atomic E-state index is -0.239. The Morgan fingerprint density at radius 1 is 1.26 bits per heavy atom. The molecular formula is C14H14ClN3O. The number of halogens is 1. The molecule has 0 radical (unpaired) electrons. The molecule has 1 aromatic heterocycles. The van der Waals surface area contributed by atoms with Crippen molar-refractivity contribution in [1.82, 2.24) is 15.5 Å². The van der Waals surface area contributed by atoms with Gasteiger partial charge in [-0.3, -0.25) is 4.79 Å². The molecule has 98 valence electrons. The molecule has 0 bridgehead atoms. The Labute approximate surface area is 116 Å². The number of aromatic nitrogens is 2. The van der Waals surface area contributed by atoms with E-state index >= 15 is 0 Å². The van der Waals surface area contributed by atoms with Gasteiger partial charge in [0.2, 0.25) is 0 Å². The van der Waals surface area contributed by atoms with Gasteiger partial charge in [0.25, 0.3) is 5.91 Å². The van der Waals surface area contributed by atoms with E-state index in [1.807, 2.05) is 25.1 Å². The highest BCUT2D eigenvalue weighted by Gasteiger charge is 2.06. The van der Waals surface area contributed by atoms with Crippen LogP contribution in [0.3, 0.4) is 0 Å². The zero-order valence-corrected chi connectivity index (χ0v) is 11.3. The molecule has 0 fully saturated rings. The van der Waals surface area contributed by atoms with Gasteiger partial charge in [-0.15, -0.1) is 10.2 Å². The summed E-state index contributed by atoms with van der Waals surface area (Å²) in [4.78, 5) is 11.8. The highest BCUT2D eigenvalue weighted by Crippen LogP contribution is 2.04. The van der Waals surface area contributed by atoms with E-state index < -0.39 is 0 Å². The van der Waals surface area contributed by atoms with Gasteiger partial charge in [0.1, 0.15) is 0 Å². The number of rotatable bonds is 4. The van der Waals surface area contributed by atoms with E-state index in [1.165, 1.54) is 11.1 Å². The van der Waals surface area contributed by atoms with E-state index in [0.717, 1.165) is 6.42 Å². The summed E-state index contributed by atoms with van der Waals surface area (Å²) in [5, 5.41) is 10.4. The number of nitrogens with zero attached hydrogens (tertiary/aromatic N) is 2. The first-order valence-electron chi connectivity index (χ1n) is 5.98. The molecule has 5 heteroatoms. The highest BCUT2D eigenvalue weighted by atomic mass is 35.5. The first kappa shape index (κ1) is 13.5. The maximum absolute atomic E-state index is 11.8. The molecule has 1 amide bonds. The Hall–Kier alpha value is -1.94. The summed E-state index contributed by atoms with van der Waals surface area (Å²) >= 11 is 5.61. The number of nitrogens with one attached hydrogen (secondary N) is 1. The predicted octanol–water partition coefficient (Wildman–Crippen LogP) is 2.41. The summed E-state index contributed by atoms with van der Waals surface area (Å²) in [6.45, 7) is 2.61. The lowest BCUT2D eigenvalue weighted by molar-refractivity contribution is 0.0948. The Morgan fingerprint density at radius 3 is 2.79 bits per heavy atom. The van der Waals surface area contributed by atoms with Crippen molar-refractivity contribution in [3.8, 4) is 0 Å². The van der Waals surface area contributed by atoms with Crippen molar-refractivity contribution in [1.29, 1.82) is 0 Å². The van der Waals surface area contributed by atoms with Gasteiger partial charge in [-0.25, -0.2) is 0 Å². The average Bonchev–Trinajstić information content (AvgIpc) is 2.39. The van der Waals surface area contributed by atoms with E-state index in [4.69, 9.17) is 11.6 Å². The van der Waals surface area contributed by atoms with Crippen molar-refractivity contribution in [2.24, 2.45) is 0 Å².